The zero-order valence-corrected chi connectivity index (χ0v) is 8.93. The number of hydrogen-bond acceptors (Lipinski definition) is 4. The van der Waals surface area contributed by atoms with E-state index in [0.717, 1.165) is 31.8 Å². The van der Waals surface area contributed by atoms with Crippen LogP contribution >= 0.6 is 0 Å². The number of ether oxygens (including phenoxy) is 1. The number of aryl methyl sites for hydroxylation is 1. The molecule has 0 radical (unpaired) electrons. The number of aromatic nitrogens is 3. The Hall–Kier alpha value is -0.940. The van der Waals surface area contributed by atoms with Gasteiger partial charge in [0.15, 0.2) is 0 Å². The Kier molecular flexibility index (Phi) is 3.69. The van der Waals surface area contributed by atoms with Crippen LogP contribution in [0.2, 0.25) is 0 Å². The molecule has 0 amide bonds. The maximum absolute atomic E-state index is 5.56. The first-order chi connectivity index (χ1) is 7.40. The lowest BCUT2D eigenvalue weighted by molar-refractivity contribution is 0.101. The SMILES string of the molecule is NCc1ncnn1CCCC1CCCO1. The summed E-state index contributed by atoms with van der Waals surface area (Å²) in [4.78, 5) is 4.08. The van der Waals surface area contributed by atoms with E-state index in [-0.39, 0.29) is 0 Å². The van der Waals surface area contributed by atoms with Gasteiger partial charge in [-0.25, -0.2) is 9.67 Å². The molecule has 1 aromatic rings. The summed E-state index contributed by atoms with van der Waals surface area (Å²) in [6, 6.07) is 0. The molecular formula is C10H18N4O. The molecule has 5 heteroatoms. The van der Waals surface area contributed by atoms with E-state index < -0.39 is 0 Å². The van der Waals surface area contributed by atoms with E-state index in [1.165, 1.54) is 12.8 Å². The lowest BCUT2D eigenvalue weighted by atomic mass is 10.1. The largest absolute Gasteiger partial charge is 0.378 e. The van der Waals surface area contributed by atoms with Gasteiger partial charge in [-0.3, -0.25) is 0 Å². The van der Waals surface area contributed by atoms with E-state index in [9.17, 15) is 0 Å². The molecule has 2 N–H and O–H groups in total. The average molecular weight is 210 g/mol. The van der Waals surface area contributed by atoms with Gasteiger partial charge in [-0.05, 0) is 25.7 Å². The molecule has 1 aliphatic rings. The van der Waals surface area contributed by atoms with E-state index >= 15 is 0 Å². The van der Waals surface area contributed by atoms with E-state index in [0.29, 0.717) is 12.6 Å². The van der Waals surface area contributed by atoms with Crippen LogP contribution in [-0.4, -0.2) is 27.5 Å². The first-order valence-corrected chi connectivity index (χ1v) is 5.58. The third-order valence-electron chi connectivity index (χ3n) is 2.80. The smallest absolute Gasteiger partial charge is 0.140 e. The van der Waals surface area contributed by atoms with Gasteiger partial charge in [-0.15, -0.1) is 0 Å². The maximum Gasteiger partial charge on any atom is 0.140 e. The molecule has 1 fully saturated rings. The lowest BCUT2D eigenvalue weighted by Crippen LogP contribution is -2.12. The van der Waals surface area contributed by atoms with Crippen LogP contribution in [0.5, 0.6) is 0 Å². The molecule has 2 rings (SSSR count). The predicted octanol–water partition coefficient (Wildman–Crippen LogP) is 0.696. The van der Waals surface area contributed by atoms with Crippen molar-refractivity contribution in [2.75, 3.05) is 6.61 Å². The summed E-state index contributed by atoms with van der Waals surface area (Å²) in [5, 5.41) is 4.14. The summed E-state index contributed by atoms with van der Waals surface area (Å²) in [7, 11) is 0. The second-order valence-corrected chi connectivity index (χ2v) is 3.88. The van der Waals surface area contributed by atoms with Crippen molar-refractivity contribution in [3.63, 3.8) is 0 Å². The summed E-state index contributed by atoms with van der Waals surface area (Å²) in [5.74, 6) is 0.863. The van der Waals surface area contributed by atoms with Crippen molar-refractivity contribution in [1.82, 2.24) is 14.8 Å². The van der Waals surface area contributed by atoms with Crippen LogP contribution < -0.4 is 5.73 Å². The topological polar surface area (TPSA) is 66.0 Å². The highest BCUT2D eigenvalue weighted by Crippen LogP contribution is 2.17. The van der Waals surface area contributed by atoms with Crippen LogP contribution in [0, 0.1) is 0 Å². The van der Waals surface area contributed by atoms with Gasteiger partial charge < -0.3 is 10.5 Å². The molecular weight excluding hydrogens is 192 g/mol. The van der Waals surface area contributed by atoms with Crippen molar-refractivity contribution >= 4 is 0 Å². The van der Waals surface area contributed by atoms with Crippen molar-refractivity contribution in [3.8, 4) is 0 Å². The van der Waals surface area contributed by atoms with Gasteiger partial charge in [-0.1, -0.05) is 0 Å². The quantitative estimate of drug-likeness (QED) is 0.776. The number of nitrogens with two attached hydrogens (primary N) is 1. The molecule has 0 spiro atoms. The zero-order valence-electron chi connectivity index (χ0n) is 8.93. The van der Waals surface area contributed by atoms with Gasteiger partial charge in [0, 0.05) is 13.2 Å². The fraction of sp³-hybridized carbons (Fsp3) is 0.800. The van der Waals surface area contributed by atoms with Crippen LogP contribution in [0.15, 0.2) is 6.33 Å². The monoisotopic (exact) mass is 210 g/mol. The molecule has 0 aliphatic carbocycles. The summed E-state index contributed by atoms with van der Waals surface area (Å²) in [6.07, 6.45) is 6.65. The van der Waals surface area contributed by atoms with Crippen LogP contribution in [-0.2, 0) is 17.8 Å². The highest BCUT2D eigenvalue weighted by atomic mass is 16.5. The predicted molar refractivity (Wildman–Crippen MR) is 56.1 cm³/mol. The summed E-state index contributed by atoms with van der Waals surface area (Å²) >= 11 is 0. The summed E-state index contributed by atoms with van der Waals surface area (Å²) < 4.78 is 7.44. The standard InChI is InChI=1S/C10H18N4O/c11-7-10-12-8-13-14(10)5-1-3-9-4-2-6-15-9/h8-9H,1-7,11H2. The van der Waals surface area contributed by atoms with Crippen molar-refractivity contribution in [1.29, 1.82) is 0 Å². The van der Waals surface area contributed by atoms with Crippen LogP contribution in [0.1, 0.15) is 31.5 Å². The van der Waals surface area contributed by atoms with Crippen molar-refractivity contribution in [2.24, 2.45) is 5.73 Å². The zero-order chi connectivity index (χ0) is 10.5. The maximum atomic E-state index is 5.56. The molecule has 1 saturated heterocycles. The van der Waals surface area contributed by atoms with Gasteiger partial charge in [0.05, 0.1) is 12.6 Å². The molecule has 5 nitrogen and oxygen atoms in total. The number of nitrogens with zero attached hydrogens (tertiary/aromatic N) is 3. The highest BCUT2D eigenvalue weighted by Gasteiger charge is 2.14. The second kappa shape index (κ2) is 5.23. The number of rotatable bonds is 5. The van der Waals surface area contributed by atoms with Crippen LogP contribution in [0.3, 0.4) is 0 Å². The first-order valence-electron chi connectivity index (χ1n) is 5.58. The molecule has 0 aromatic carbocycles. The minimum atomic E-state index is 0.458. The van der Waals surface area contributed by atoms with Crippen molar-refractivity contribution in [2.45, 2.75) is 44.9 Å². The minimum absolute atomic E-state index is 0.458. The van der Waals surface area contributed by atoms with Crippen LogP contribution in [0.25, 0.3) is 0 Å². The van der Waals surface area contributed by atoms with Gasteiger partial charge in [-0.2, -0.15) is 5.10 Å². The second-order valence-electron chi connectivity index (χ2n) is 3.88. The molecule has 2 heterocycles. The lowest BCUT2D eigenvalue weighted by Gasteiger charge is -2.09. The Balaban J connectivity index is 1.73. The molecule has 1 aromatic heterocycles. The van der Waals surface area contributed by atoms with E-state index in [2.05, 4.69) is 10.1 Å². The molecule has 0 saturated carbocycles. The molecule has 15 heavy (non-hydrogen) atoms. The average Bonchev–Trinajstić information content (AvgIpc) is 2.88. The summed E-state index contributed by atoms with van der Waals surface area (Å²) in [5.41, 5.74) is 5.54. The Morgan fingerprint density at radius 1 is 1.60 bits per heavy atom. The Bertz CT molecular complexity index is 293. The summed E-state index contributed by atoms with van der Waals surface area (Å²) in [6.45, 7) is 2.29. The number of hydrogen-bond donors (Lipinski definition) is 1. The Morgan fingerprint density at radius 3 is 3.27 bits per heavy atom. The van der Waals surface area contributed by atoms with Gasteiger partial charge in [0.1, 0.15) is 12.2 Å². The van der Waals surface area contributed by atoms with E-state index in [1.54, 1.807) is 6.33 Å². The van der Waals surface area contributed by atoms with Crippen molar-refractivity contribution < 1.29 is 4.74 Å². The fourth-order valence-corrected chi connectivity index (χ4v) is 1.97. The van der Waals surface area contributed by atoms with Gasteiger partial charge in [0.25, 0.3) is 0 Å². The minimum Gasteiger partial charge on any atom is -0.378 e. The van der Waals surface area contributed by atoms with E-state index in [1.807, 2.05) is 4.68 Å². The van der Waals surface area contributed by atoms with Crippen molar-refractivity contribution in [3.05, 3.63) is 12.2 Å². The normalized spacial score (nSPS) is 21.0. The molecule has 1 unspecified atom stereocenters. The Morgan fingerprint density at radius 2 is 2.53 bits per heavy atom. The van der Waals surface area contributed by atoms with Gasteiger partial charge >= 0.3 is 0 Å². The third kappa shape index (κ3) is 2.76. The molecule has 1 aliphatic heterocycles. The fourth-order valence-electron chi connectivity index (χ4n) is 1.97. The first kappa shape index (κ1) is 10.6. The Labute approximate surface area is 89.6 Å². The third-order valence-corrected chi connectivity index (χ3v) is 2.80. The molecule has 0 bridgehead atoms. The molecule has 1 atom stereocenters. The van der Waals surface area contributed by atoms with Gasteiger partial charge in [0.2, 0.25) is 0 Å². The molecule has 84 valence electrons. The van der Waals surface area contributed by atoms with Crippen LogP contribution in [0.4, 0.5) is 0 Å². The van der Waals surface area contributed by atoms with E-state index in [4.69, 9.17) is 10.5 Å². The highest BCUT2D eigenvalue weighted by molar-refractivity contribution is 4.82.